The van der Waals surface area contributed by atoms with Crippen LogP contribution >= 0.6 is 11.8 Å². The molecule has 0 radical (unpaired) electrons. The number of ether oxygens (including phenoxy) is 1. The lowest BCUT2D eigenvalue weighted by atomic mass is 9.86. The Bertz CT molecular complexity index is 1040. The van der Waals surface area contributed by atoms with Crippen LogP contribution in [0.2, 0.25) is 0 Å². The van der Waals surface area contributed by atoms with Crippen LogP contribution in [-0.2, 0) is 14.5 Å². The first-order valence-corrected chi connectivity index (χ1v) is 10.00. The van der Waals surface area contributed by atoms with Gasteiger partial charge < -0.3 is 10.5 Å². The van der Waals surface area contributed by atoms with E-state index < -0.39 is 22.5 Å². The number of hydrogen-bond acceptors (Lipinski definition) is 5. The number of nitrogens with zero attached hydrogens (tertiary/aromatic N) is 2. The molecule has 2 aliphatic heterocycles. The molecular formula is C21H20FN3O3S. The van der Waals surface area contributed by atoms with E-state index in [1.54, 1.807) is 12.1 Å². The number of halogens is 1. The molecule has 0 saturated carbocycles. The fourth-order valence-electron chi connectivity index (χ4n) is 3.87. The van der Waals surface area contributed by atoms with Crippen LogP contribution in [0.1, 0.15) is 30.0 Å². The Morgan fingerprint density at radius 1 is 1.34 bits per heavy atom. The predicted molar refractivity (Wildman–Crippen MR) is 109 cm³/mol. The van der Waals surface area contributed by atoms with Crippen LogP contribution in [0.25, 0.3) is 0 Å². The van der Waals surface area contributed by atoms with Crippen LogP contribution in [0.15, 0.2) is 47.6 Å². The van der Waals surface area contributed by atoms with Crippen molar-refractivity contribution in [1.82, 2.24) is 5.01 Å². The molecule has 8 heteroatoms. The number of amides is 2. The van der Waals surface area contributed by atoms with E-state index in [9.17, 15) is 14.0 Å². The Morgan fingerprint density at radius 3 is 2.83 bits per heavy atom. The highest BCUT2D eigenvalue weighted by molar-refractivity contribution is 8.15. The quantitative estimate of drug-likeness (QED) is 0.838. The molecule has 150 valence electrons. The highest BCUT2D eigenvalue weighted by atomic mass is 32.2. The lowest BCUT2D eigenvalue weighted by Gasteiger charge is -2.44. The second kappa shape index (κ2) is 7.18. The molecule has 2 aliphatic rings. The van der Waals surface area contributed by atoms with E-state index in [0.29, 0.717) is 21.9 Å². The summed E-state index contributed by atoms with van der Waals surface area (Å²) in [5, 5.41) is 6.24. The molecule has 0 fully saturated rings. The average Bonchev–Trinajstić information content (AvgIpc) is 3.07. The van der Waals surface area contributed by atoms with Gasteiger partial charge in [0.2, 0.25) is 11.8 Å². The number of para-hydroxylation sites is 1. The average molecular weight is 413 g/mol. The number of aryl methyl sites for hydroxylation is 1. The summed E-state index contributed by atoms with van der Waals surface area (Å²) in [6.07, 6.45) is 0.00418. The highest BCUT2D eigenvalue weighted by Gasteiger charge is 2.57. The summed E-state index contributed by atoms with van der Waals surface area (Å²) in [7, 11) is 0. The molecule has 2 aromatic carbocycles. The molecule has 2 atom stereocenters. The summed E-state index contributed by atoms with van der Waals surface area (Å²) in [4.78, 5) is 23.4. The van der Waals surface area contributed by atoms with E-state index in [4.69, 9.17) is 10.5 Å². The van der Waals surface area contributed by atoms with Crippen LogP contribution in [0, 0.1) is 18.7 Å². The van der Waals surface area contributed by atoms with Crippen molar-refractivity contribution in [2.75, 3.05) is 6.61 Å². The molecule has 2 amide bonds. The SMILES string of the molecule is CC(=O)N1N=C(c2cc(C)ccc2F)SC12c1ccccc1OCC2CC(N)=O. The molecule has 0 aromatic heterocycles. The van der Waals surface area contributed by atoms with Gasteiger partial charge in [-0.05, 0) is 25.1 Å². The number of carbonyl (C=O) groups is 2. The fourth-order valence-corrected chi connectivity index (χ4v) is 5.41. The molecule has 0 bridgehead atoms. The first-order valence-electron chi connectivity index (χ1n) is 9.18. The maximum atomic E-state index is 14.6. The van der Waals surface area contributed by atoms with Crippen LogP contribution in [0.4, 0.5) is 4.39 Å². The summed E-state index contributed by atoms with van der Waals surface area (Å²) in [6, 6.07) is 12.1. The van der Waals surface area contributed by atoms with E-state index in [2.05, 4.69) is 5.10 Å². The lowest BCUT2D eigenvalue weighted by Crippen LogP contribution is -2.51. The van der Waals surface area contributed by atoms with E-state index >= 15 is 0 Å². The molecule has 6 nitrogen and oxygen atoms in total. The molecule has 2 aromatic rings. The largest absolute Gasteiger partial charge is 0.493 e. The van der Waals surface area contributed by atoms with Crippen molar-refractivity contribution < 1.29 is 18.7 Å². The zero-order valence-corrected chi connectivity index (χ0v) is 16.8. The summed E-state index contributed by atoms with van der Waals surface area (Å²) < 4.78 is 20.5. The third-order valence-electron chi connectivity index (χ3n) is 5.12. The summed E-state index contributed by atoms with van der Waals surface area (Å²) in [5.41, 5.74) is 7.41. The van der Waals surface area contributed by atoms with E-state index in [1.165, 1.54) is 29.8 Å². The van der Waals surface area contributed by atoms with Gasteiger partial charge in [0, 0.05) is 30.4 Å². The number of hydrazone groups is 1. The van der Waals surface area contributed by atoms with Crippen molar-refractivity contribution >= 4 is 28.6 Å². The molecule has 4 rings (SSSR count). The molecule has 0 aliphatic carbocycles. The Kier molecular flexibility index (Phi) is 4.82. The minimum atomic E-state index is -1.04. The Balaban J connectivity index is 1.90. The number of thioether (sulfide) groups is 1. The number of fused-ring (bicyclic) bond motifs is 2. The van der Waals surface area contributed by atoms with Gasteiger partial charge in [0.1, 0.15) is 16.6 Å². The van der Waals surface area contributed by atoms with Gasteiger partial charge in [-0.3, -0.25) is 9.59 Å². The number of carbonyl (C=O) groups excluding carboxylic acids is 2. The normalized spacial score (nSPS) is 22.8. The minimum Gasteiger partial charge on any atom is -0.493 e. The van der Waals surface area contributed by atoms with E-state index in [0.717, 1.165) is 5.56 Å². The van der Waals surface area contributed by atoms with Crippen molar-refractivity contribution in [2.45, 2.75) is 25.1 Å². The van der Waals surface area contributed by atoms with E-state index in [1.807, 2.05) is 31.2 Å². The smallest absolute Gasteiger partial charge is 0.241 e. The Labute approximate surface area is 171 Å². The van der Waals surface area contributed by atoms with Gasteiger partial charge in [0.25, 0.3) is 0 Å². The number of hydrogen-bond donors (Lipinski definition) is 1. The zero-order valence-electron chi connectivity index (χ0n) is 16.0. The van der Waals surface area contributed by atoms with Crippen LogP contribution in [0.3, 0.4) is 0 Å². The molecule has 2 heterocycles. The van der Waals surface area contributed by atoms with Crippen molar-refractivity contribution in [1.29, 1.82) is 0 Å². The molecule has 1 spiro atoms. The van der Waals surface area contributed by atoms with Gasteiger partial charge in [-0.2, -0.15) is 5.10 Å². The van der Waals surface area contributed by atoms with Gasteiger partial charge >= 0.3 is 0 Å². The van der Waals surface area contributed by atoms with Crippen molar-refractivity contribution in [2.24, 2.45) is 16.8 Å². The third-order valence-corrected chi connectivity index (χ3v) is 6.65. The van der Waals surface area contributed by atoms with Gasteiger partial charge in [-0.1, -0.05) is 41.6 Å². The summed E-state index contributed by atoms with van der Waals surface area (Å²) in [5.74, 6) is -1.08. The Morgan fingerprint density at radius 2 is 2.10 bits per heavy atom. The molecule has 2 N–H and O–H groups in total. The molecule has 29 heavy (non-hydrogen) atoms. The molecule has 0 saturated heterocycles. The lowest BCUT2D eigenvalue weighted by molar-refractivity contribution is -0.136. The predicted octanol–water partition coefficient (Wildman–Crippen LogP) is 3.13. The van der Waals surface area contributed by atoms with Gasteiger partial charge in [-0.15, -0.1) is 0 Å². The summed E-state index contributed by atoms with van der Waals surface area (Å²) >= 11 is 1.27. The number of benzene rings is 2. The summed E-state index contributed by atoms with van der Waals surface area (Å²) in [6.45, 7) is 3.46. The van der Waals surface area contributed by atoms with Crippen molar-refractivity contribution in [3.05, 3.63) is 65.0 Å². The Hall–Kier alpha value is -2.87. The number of primary amides is 1. The second-order valence-corrected chi connectivity index (χ2v) is 8.41. The van der Waals surface area contributed by atoms with E-state index in [-0.39, 0.29) is 18.9 Å². The van der Waals surface area contributed by atoms with Gasteiger partial charge in [0.05, 0.1) is 6.61 Å². The monoisotopic (exact) mass is 413 g/mol. The first-order chi connectivity index (χ1) is 13.8. The third kappa shape index (κ3) is 3.17. The van der Waals surface area contributed by atoms with Gasteiger partial charge in [0.15, 0.2) is 4.87 Å². The van der Waals surface area contributed by atoms with Crippen LogP contribution in [-0.4, -0.2) is 28.5 Å². The maximum Gasteiger partial charge on any atom is 0.241 e. The first kappa shape index (κ1) is 19.4. The number of rotatable bonds is 3. The van der Waals surface area contributed by atoms with Gasteiger partial charge in [-0.25, -0.2) is 9.40 Å². The highest BCUT2D eigenvalue weighted by Crippen LogP contribution is 2.57. The zero-order chi connectivity index (χ0) is 20.8. The fraction of sp³-hybridized carbons (Fsp3) is 0.286. The van der Waals surface area contributed by atoms with Crippen molar-refractivity contribution in [3.63, 3.8) is 0 Å². The second-order valence-electron chi connectivity index (χ2n) is 7.19. The van der Waals surface area contributed by atoms with Crippen LogP contribution < -0.4 is 10.5 Å². The number of nitrogens with two attached hydrogens (primary N) is 1. The van der Waals surface area contributed by atoms with Crippen LogP contribution in [0.5, 0.6) is 5.75 Å². The minimum absolute atomic E-state index is 0.00418. The van der Waals surface area contributed by atoms with Crippen molar-refractivity contribution in [3.8, 4) is 5.75 Å². The molecular weight excluding hydrogens is 393 g/mol. The standard InChI is InChI=1S/C21H20FN3O3S/c1-12-7-8-17(22)15(9-12)20-24-25(13(2)26)21(29-20)14(10-19(23)27)11-28-18-6-4-3-5-16(18)21/h3-9,14H,10-11H2,1-2H3,(H2,23,27). The maximum absolute atomic E-state index is 14.6. The molecule has 2 unspecified atom stereocenters. The topological polar surface area (TPSA) is 85.0 Å².